The summed E-state index contributed by atoms with van der Waals surface area (Å²) in [5.74, 6) is -0.906. The van der Waals surface area contributed by atoms with Gasteiger partial charge >= 0.3 is 5.97 Å². The Morgan fingerprint density at radius 1 is 1.47 bits per heavy atom. The number of aliphatic hydroxyl groups excluding tert-OH is 1. The van der Waals surface area contributed by atoms with Crippen LogP contribution in [-0.4, -0.2) is 68.9 Å². The van der Waals surface area contributed by atoms with Crippen molar-refractivity contribution in [2.75, 3.05) is 32.8 Å². The summed E-state index contributed by atoms with van der Waals surface area (Å²) in [6, 6.07) is -0.745. The Bertz CT molecular complexity index is 416. The predicted molar refractivity (Wildman–Crippen MR) is 66.5 cm³/mol. The lowest BCUT2D eigenvalue weighted by Crippen LogP contribution is -2.47. The lowest BCUT2D eigenvalue weighted by atomic mass is 10.1. The van der Waals surface area contributed by atoms with Gasteiger partial charge in [-0.1, -0.05) is 5.21 Å². The lowest BCUT2D eigenvalue weighted by Gasteiger charge is -2.31. The van der Waals surface area contributed by atoms with Gasteiger partial charge < -0.3 is 15.5 Å². The van der Waals surface area contributed by atoms with Crippen molar-refractivity contribution in [3.05, 3.63) is 11.9 Å². The molecule has 0 radical (unpaired) electrons. The SMILES string of the molecule is O=C(O)C(c1cn(CCCO)nn1)N1CCNCC1. The van der Waals surface area contributed by atoms with E-state index in [1.165, 1.54) is 0 Å². The molecule has 8 nitrogen and oxygen atoms in total. The van der Waals surface area contributed by atoms with E-state index >= 15 is 0 Å². The van der Waals surface area contributed by atoms with Crippen molar-refractivity contribution >= 4 is 5.97 Å². The normalized spacial score (nSPS) is 18.4. The number of hydrogen-bond donors (Lipinski definition) is 3. The summed E-state index contributed by atoms with van der Waals surface area (Å²) < 4.78 is 1.57. The number of carboxylic acids is 1. The maximum Gasteiger partial charge on any atom is 0.327 e. The van der Waals surface area contributed by atoms with E-state index in [0.29, 0.717) is 31.7 Å². The predicted octanol–water partition coefficient (Wildman–Crippen LogP) is -1.31. The third-order valence-corrected chi connectivity index (χ3v) is 3.13. The summed E-state index contributed by atoms with van der Waals surface area (Å²) in [6.45, 7) is 3.54. The molecule has 0 saturated carbocycles. The number of carbonyl (C=O) groups is 1. The molecule has 3 N–H and O–H groups in total. The molecule has 1 fully saturated rings. The molecule has 1 aliphatic rings. The van der Waals surface area contributed by atoms with Gasteiger partial charge in [0, 0.05) is 39.3 Å². The summed E-state index contributed by atoms with van der Waals surface area (Å²) >= 11 is 0. The first-order valence-corrected chi connectivity index (χ1v) is 6.41. The van der Waals surface area contributed by atoms with Crippen LogP contribution in [-0.2, 0) is 11.3 Å². The smallest absolute Gasteiger partial charge is 0.327 e. The molecule has 1 saturated heterocycles. The zero-order chi connectivity index (χ0) is 13.7. The molecular weight excluding hydrogens is 250 g/mol. The Balaban J connectivity index is 2.09. The van der Waals surface area contributed by atoms with Crippen molar-refractivity contribution in [3.8, 4) is 0 Å². The van der Waals surface area contributed by atoms with Gasteiger partial charge in [-0.15, -0.1) is 5.10 Å². The summed E-state index contributed by atoms with van der Waals surface area (Å²) in [7, 11) is 0. The average Bonchev–Trinajstić information content (AvgIpc) is 2.86. The summed E-state index contributed by atoms with van der Waals surface area (Å²) in [5, 5.41) is 29.2. The number of piperazine rings is 1. The van der Waals surface area contributed by atoms with Crippen LogP contribution < -0.4 is 5.32 Å². The van der Waals surface area contributed by atoms with Crippen molar-refractivity contribution in [3.63, 3.8) is 0 Å². The quantitative estimate of drug-likeness (QED) is 0.589. The third kappa shape index (κ3) is 3.49. The largest absolute Gasteiger partial charge is 0.480 e. The second-order valence-corrected chi connectivity index (χ2v) is 4.51. The molecular formula is C11H19N5O3. The molecule has 1 aromatic rings. The summed E-state index contributed by atoms with van der Waals surface area (Å²) in [6.07, 6.45) is 2.23. The molecule has 19 heavy (non-hydrogen) atoms. The van der Waals surface area contributed by atoms with E-state index in [-0.39, 0.29) is 6.61 Å². The van der Waals surface area contributed by atoms with Crippen molar-refractivity contribution < 1.29 is 15.0 Å². The highest BCUT2D eigenvalue weighted by atomic mass is 16.4. The minimum atomic E-state index is -0.906. The fourth-order valence-corrected chi connectivity index (χ4v) is 2.19. The molecule has 0 aliphatic carbocycles. The summed E-state index contributed by atoms with van der Waals surface area (Å²) in [4.78, 5) is 13.3. The van der Waals surface area contributed by atoms with E-state index in [1.54, 1.807) is 10.9 Å². The van der Waals surface area contributed by atoms with Crippen LogP contribution in [0.3, 0.4) is 0 Å². The average molecular weight is 269 g/mol. The number of hydrogen-bond acceptors (Lipinski definition) is 6. The van der Waals surface area contributed by atoms with Gasteiger partial charge in [0.2, 0.25) is 0 Å². The van der Waals surface area contributed by atoms with Crippen LogP contribution in [0.4, 0.5) is 0 Å². The van der Waals surface area contributed by atoms with Gasteiger partial charge in [0.1, 0.15) is 5.69 Å². The van der Waals surface area contributed by atoms with Crippen molar-refractivity contribution in [1.29, 1.82) is 0 Å². The standard InChI is InChI=1S/C11H19N5O3/c17-7-1-4-16-8-9(13-14-16)10(11(18)19)15-5-2-12-3-6-15/h8,10,12,17H,1-7H2,(H,18,19). The monoisotopic (exact) mass is 269 g/mol. The number of aliphatic carboxylic acids is 1. The molecule has 8 heteroatoms. The van der Waals surface area contributed by atoms with Crippen LogP contribution in [0.5, 0.6) is 0 Å². The Labute approximate surface area is 111 Å². The molecule has 0 spiro atoms. The van der Waals surface area contributed by atoms with Crippen LogP contribution in [0.1, 0.15) is 18.2 Å². The molecule has 1 atom stereocenters. The molecule has 1 aliphatic heterocycles. The zero-order valence-corrected chi connectivity index (χ0v) is 10.7. The number of nitrogens with one attached hydrogen (secondary N) is 1. The van der Waals surface area contributed by atoms with E-state index in [1.807, 2.05) is 4.90 Å². The Kier molecular flexibility index (Phi) is 4.83. The van der Waals surface area contributed by atoms with Crippen LogP contribution in [0.15, 0.2) is 6.20 Å². The van der Waals surface area contributed by atoms with E-state index < -0.39 is 12.0 Å². The van der Waals surface area contributed by atoms with Gasteiger partial charge in [-0.25, -0.2) is 0 Å². The van der Waals surface area contributed by atoms with Crippen LogP contribution in [0.25, 0.3) is 0 Å². The zero-order valence-electron chi connectivity index (χ0n) is 10.7. The first-order valence-electron chi connectivity index (χ1n) is 6.41. The van der Waals surface area contributed by atoms with Crippen molar-refractivity contribution in [1.82, 2.24) is 25.2 Å². The fourth-order valence-electron chi connectivity index (χ4n) is 2.19. The van der Waals surface area contributed by atoms with E-state index in [0.717, 1.165) is 13.1 Å². The van der Waals surface area contributed by atoms with Gasteiger partial charge in [-0.2, -0.15) is 0 Å². The molecule has 2 heterocycles. The Morgan fingerprint density at radius 3 is 2.84 bits per heavy atom. The number of nitrogens with zero attached hydrogens (tertiary/aromatic N) is 4. The number of aromatic nitrogens is 3. The summed E-state index contributed by atoms with van der Waals surface area (Å²) in [5.41, 5.74) is 0.451. The van der Waals surface area contributed by atoms with Gasteiger partial charge in [-0.05, 0) is 6.42 Å². The molecule has 0 amide bonds. The third-order valence-electron chi connectivity index (χ3n) is 3.13. The molecule has 1 aromatic heterocycles. The minimum absolute atomic E-state index is 0.0787. The first kappa shape index (κ1) is 13.9. The second kappa shape index (κ2) is 6.60. The molecule has 2 rings (SSSR count). The number of rotatable bonds is 6. The second-order valence-electron chi connectivity index (χ2n) is 4.51. The number of carboxylic acid groups (broad SMARTS) is 1. The van der Waals surface area contributed by atoms with Gasteiger partial charge in [0.05, 0.1) is 6.20 Å². The highest BCUT2D eigenvalue weighted by molar-refractivity contribution is 5.74. The van der Waals surface area contributed by atoms with Gasteiger partial charge in [0.15, 0.2) is 6.04 Å². The van der Waals surface area contributed by atoms with Crippen LogP contribution >= 0.6 is 0 Å². The first-order chi connectivity index (χ1) is 9.22. The van der Waals surface area contributed by atoms with E-state index in [9.17, 15) is 9.90 Å². The highest BCUT2D eigenvalue weighted by Gasteiger charge is 2.30. The Morgan fingerprint density at radius 2 is 2.21 bits per heavy atom. The van der Waals surface area contributed by atoms with Crippen molar-refractivity contribution in [2.24, 2.45) is 0 Å². The molecule has 0 bridgehead atoms. The molecule has 106 valence electrons. The van der Waals surface area contributed by atoms with Gasteiger partial charge in [0.25, 0.3) is 0 Å². The van der Waals surface area contributed by atoms with Crippen LogP contribution in [0, 0.1) is 0 Å². The topological polar surface area (TPSA) is 104 Å². The van der Waals surface area contributed by atoms with Gasteiger partial charge in [-0.3, -0.25) is 14.4 Å². The molecule has 0 aromatic carbocycles. The van der Waals surface area contributed by atoms with E-state index in [2.05, 4.69) is 15.6 Å². The van der Waals surface area contributed by atoms with E-state index in [4.69, 9.17) is 5.11 Å². The number of aryl methyl sites for hydroxylation is 1. The number of aliphatic hydroxyl groups is 1. The lowest BCUT2D eigenvalue weighted by molar-refractivity contribution is -0.144. The van der Waals surface area contributed by atoms with Crippen molar-refractivity contribution in [2.45, 2.75) is 19.0 Å². The maximum atomic E-state index is 11.4. The molecule has 1 unspecified atom stereocenters. The maximum absolute atomic E-state index is 11.4. The Hall–Kier alpha value is -1.51. The minimum Gasteiger partial charge on any atom is -0.480 e. The van der Waals surface area contributed by atoms with Crippen LogP contribution in [0.2, 0.25) is 0 Å². The fraction of sp³-hybridized carbons (Fsp3) is 0.727. The highest BCUT2D eigenvalue weighted by Crippen LogP contribution is 2.19.